The molecule has 26 heavy (non-hydrogen) atoms. The van der Waals surface area contributed by atoms with Crippen LogP contribution in [0.4, 0.5) is 5.69 Å². The highest BCUT2D eigenvalue weighted by Crippen LogP contribution is 2.25. The maximum Gasteiger partial charge on any atom is 0.234 e. The Labute approximate surface area is 164 Å². The number of nitrogens with two attached hydrogens (primary N) is 1. The summed E-state index contributed by atoms with van der Waals surface area (Å²) in [6.45, 7) is 3.93. The Morgan fingerprint density at radius 3 is 2.69 bits per heavy atom. The minimum Gasteiger partial charge on any atom is -0.335 e. The maximum absolute atomic E-state index is 12.2. The van der Waals surface area contributed by atoms with Crippen molar-refractivity contribution in [1.29, 1.82) is 0 Å². The Kier molecular flexibility index (Phi) is 5.63. The van der Waals surface area contributed by atoms with Gasteiger partial charge in [-0.05, 0) is 43.2 Å². The van der Waals surface area contributed by atoms with E-state index in [2.05, 4.69) is 31.4 Å². The molecule has 3 rings (SSSR count). The van der Waals surface area contributed by atoms with Crippen molar-refractivity contribution in [2.75, 3.05) is 16.9 Å². The Morgan fingerprint density at radius 1 is 1.19 bits per heavy atom. The molecule has 0 unspecified atom stereocenters. The first-order chi connectivity index (χ1) is 12.5. The van der Waals surface area contributed by atoms with Gasteiger partial charge in [0.25, 0.3) is 0 Å². The summed E-state index contributed by atoms with van der Waals surface area (Å²) in [7, 11) is 0. The predicted molar refractivity (Wildman–Crippen MR) is 109 cm³/mol. The number of amides is 1. The van der Waals surface area contributed by atoms with Crippen LogP contribution in [0.3, 0.4) is 0 Å². The van der Waals surface area contributed by atoms with Crippen molar-refractivity contribution >= 4 is 39.3 Å². The minimum absolute atomic E-state index is 0.124. The summed E-state index contributed by atoms with van der Waals surface area (Å²) in [6.07, 6.45) is 0. The third-order valence-electron chi connectivity index (χ3n) is 3.85. The van der Waals surface area contributed by atoms with Crippen LogP contribution >= 0.6 is 27.7 Å². The predicted octanol–water partition coefficient (Wildman–Crippen LogP) is 3.77. The second-order valence-corrected chi connectivity index (χ2v) is 7.65. The number of halogens is 1. The molecule has 0 radical (unpaired) electrons. The van der Waals surface area contributed by atoms with E-state index in [0.29, 0.717) is 11.0 Å². The van der Waals surface area contributed by atoms with Crippen LogP contribution in [0.15, 0.2) is 52.1 Å². The van der Waals surface area contributed by atoms with Gasteiger partial charge in [-0.3, -0.25) is 4.79 Å². The average molecular weight is 432 g/mol. The number of rotatable bonds is 5. The number of benzene rings is 2. The van der Waals surface area contributed by atoms with Crippen molar-refractivity contribution in [2.45, 2.75) is 19.0 Å². The van der Waals surface area contributed by atoms with Crippen LogP contribution in [0.5, 0.6) is 0 Å². The van der Waals surface area contributed by atoms with Crippen LogP contribution in [-0.2, 0) is 4.79 Å². The molecule has 0 saturated carbocycles. The standard InChI is InChI=1S/C18H18BrN5OS/c1-11-5-3-4-6-14(11)17-22-23-18(24(17)20)26-10-16(25)21-15-8-7-13(19)9-12(15)2/h3-9H,10,20H2,1-2H3,(H,21,25). The van der Waals surface area contributed by atoms with Gasteiger partial charge in [0, 0.05) is 15.7 Å². The van der Waals surface area contributed by atoms with Crippen LogP contribution in [0.25, 0.3) is 11.4 Å². The average Bonchev–Trinajstić information content (AvgIpc) is 2.97. The van der Waals surface area contributed by atoms with Crippen LogP contribution in [0, 0.1) is 13.8 Å². The van der Waals surface area contributed by atoms with E-state index in [9.17, 15) is 4.79 Å². The van der Waals surface area contributed by atoms with Crippen molar-refractivity contribution in [3.8, 4) is 11.4 Å². The molecule has 8 heteroatoms. The number of carbonyl (C=O) groups excluding carboxylic acids is 1. The third-order valence-corrected chi connectivity index (χ3v) is 5.28. The van der Waals surface area contributed by atoms with Gasteiger partial charge in [0.1, 0.15) is 0 Å². The first-order valence-corrected chi connectivity index (χ1v) is 9.69. The smallest absolute Gasteiger partial charge is 0.234 e. The third kappa shape index (κ3) is 4.08. The summed E-state index contributed by atoms with van der Waals surface area (Å²) in [5.41, 5.74) is 3.76. The highest BCUT2D eigenvalue weighted by molar-refractivity contribution is 9.10. The van der Waals surface area contributed by atoms with E-state index >= 15 is 0 Å². The number of carbonyl (C=O) groups is 1. The molecule has 0 fully saturated rings. The van der Waals surface area contributed by atoms with Crippen molar-refractivity contribution in [2.24, 2.45) is 0 Å². The van der Waals surface area contributed by atoms with E-state index in [4.69, 9.17) is 5.84 Å². The van der Waals surface area contributed by atoms with Crippen molar-refractivity contribution in [1.82, 2.24) is 14.9 Å². The number of thioether (sulfide) groups is 1. The molecule has 2 aromatic carbocycles. The summed E-state index contributed by atoms with van der Waals surface area (Å²) >= 11 is 4.66. The fraction of sp³-hybridized carbons (Fsp3) is 0.167. The molecule has 0 bridgehead atoms. The van der Waals surface area contributed by atoms with E-state index in [1.54, 1.807) is 0 Å². The molecule has 0 aliphatic rings. The zero-order valence-electron chi connectivity index (χ0n) is 14.4. The number of nitrogens with one attached hydrogen (secondary N) is 1. The highest BCUT2D eigenvalue weighted by Gasteiger charge is 2.15. The van der Waals surface area contributed by atoms with E-state index in [-0.39, 0.29) is 11.7 Å². The van der Waals surface area contributed by atoms with E-state index in [1.165, 1.54) is 16.4 Å². The zero-order chi connectivity index (χ0) is 18.7. The molecular weight excluding hydrogens is 414 g/mol. The topological polar surface area (TPSA) is 85.8 Å². The van der Waals surface area contributed by atoms with E-state index in [0.717, 1.165) is 26.9 Å². The number of anilines is 1. The van der Waals surface area contributed by atoms with Crippen LogP contribution in [-0.4, -0.2) is 26.5 Å². The summed E-state index contributed by atoms with van der Waals surface area (Å²) < 4.78 is 2.40. The molecule has 3 aromatic rings. The Hall–Kier alpha value is -2.32. The second-order valence-electron chi connectivity index (χ2n) is 5.79. The van der Waals surface area contributed by atoms with Gasteiger partial charge in [-0.25, -0.2) is 4.68 Å². The van der Waals surface area contributed by atoms with Gasteiger partial charge < -0.3 is 11.2 Å². The molecule has 134 valence electrons. The molecular formula is C18H18BrN5OS. The summed E-state index contributed by atoms with van der Waals surface area (Å²) in [5.74, 6) is 6.77. The molecule has 3 N–H and O–H groups in total. The largest absolute Gasteiger partial charge is 0.335 e. The zero-order valence-corrected chi connectivity index (χ0v) is 16.8. The molecule has 0 saturated heterocycles. The normalized spacial score (nSPS) is 10.7. The van der Waals surface area contributed by atoms with Crippen molar-refractivity contribution in [3.05, 3.63) is 58.1 Å². The van der Waals surface area contributed by atoms with Crippen LogP contribution in [0.2, 0.25) is 0 Å². The number of aromatic nitrogens is 3. The lowest BCUT2D eigenvalue weighted by Crippen LogP contribution is -2.17. The number of nitrogens with zero attached hydrogens (tertiary/aromatic N) is 3. The van der Waals surface area contributed by atoms with Gasteiger partial charge in [-0.1, -0.05) is 52.0 Å². The lowest BCUT2D eigenvalue weighted by Gasteiger charge is -2.09. The van der Waals surface area contributed by atoms with Crippen LogP contribution < -0.4 is 11.2 Å². The Balaban J connectivity index is 1.67. The monoisotopic (exact) mass is 431 g/mol. The quantitative estimate of drug-likeness (QED) is 0.474. The first kappa shape index (κ1) is 18.5. The molecule has 0 spiro atoms. The molecule has 1 aromatic heterocycles. The fourth-order valence-electron chi connectivity index (χ4n) is 2.47. The maximum atomic E-state index is 12.2. The molecule has 1 heterocycles. The van der Waals surface area contributed by atoms with Gasteiger partial charge in [0.05, 0.1) is 5.75 Å². The molecule has 6 nitrogen and oxygen atoms in total. The highest BCUT2D eigenvalue weighted by atomic mass is 79.9. The molecule has 0 aliphatic carbocycles. The minimum atomic E-state index is -0.124. The number of aryl methyl sites for hydroxylation is 2. The van der Waals surface area contributed by atoms with Gasteiger partial charge in [-0.2, -0.15) is 0 Å². The molecule has 0 atom stereocenters. The summed E-state index contributed by atoms with van der Waals surface area (Å²) in [5, 5.41) is 11.7. The lowest BCUT2D eigenvalue weighted by atomic mass is 10.1. The van der Waals surface area contributed by atoms with E-state index < -0.39 is 0 Å². The Bertz CT molecular complexity index is 957. The van der Waals surface area contributed by atoms with Gasteiger partial charge in [-0.15, -0.1) is 10.2 Å². The van der Waals surface area contributed by atoms with Crippen molar-refractivity contribution in [3.63, 3.8) is 0 Å². The number of nitrogen functional groups attached to an aromatic ring is 1. The van der Waals surface area contributed by atoms with Crippen molar-refractivity contribution < 1.29 is 4.79 Å². The number of hydrogen-bond donors (Lipinski definition) is 2. The van der Waals surface area contributed by atoms with Gasteiger partial charge in [0.2, 0.25) is 11.1 Å². The van der Waals surface area contributed by atoms with Crippen LogP contribution in [0.1, 0.15) is 11.1 Å². The molecule has 1 amide bonds. The van der Waals surface area contributed by atoms with Gasteiger partial charge >= 0.3 is 0 Å². The SMILES string of the molecule is Cc1cc(Br)ccc1NC(=O)CSc1nnc(-c2ccccc2C)n1N. The summed E-state index contributed by atoms with van der Waals surface area (Å²) in [6, 6.07) is 13.5. The lowest BCUT2D eigenvalue weighted by molar-refractivity contribution is -0.113. The second kappa shape index (κ2) is 7.92. The fourth-order valence-corrected chi connectivity index (χ4v) is 3.60. The Morgan fingerprint density at radius 2 is 1.96 bits per heavy atom. The summed E-state index contributed by atoms with van der Waals surface area (Å²) in [4.78, 5) is 12.2. The van der Waals surface area contributed by atoms with Gasteiger partial charge in [0.15, 0.2) is 5.82 Å². The first-order valence-electron chi connectivity index (χ1n) is 7.91. The molecule has 0 aliphatic heterocycles. The van der Waals surface area contributed by atoms with E-state index in [1.807, 2.05) is 56.3 Å². The number of hydrogen-bond acceptors (Lipinski definition) is 5.